The van der Waals surface area contributed by atoms with Crippen molar-refractivity contribution in [3.8, 4) is 0 Å². The van der Waals surface area contributed by atoms with Crippen LogP contribution in [0.2, 0.25) is 0 Å². The first kappa shape index (κ1) is 17.7. The maximum atomic E-state index is 12.3. The van der Waals surface area contributed by atoms with E-state index >= 15 is 0 Å². The van der Waals surface area contributed by atoms with Crippen LogP contribution in [0.1, 0.15) is 39.2 Å². The van der Waals surface area contributed by atoms with Crippen molar-refractivity contribution in [1.82, 2.24) is 20.2 Å². The minimum absolute atomic E-state index is 0.0163. The second kappa shape index (κ2) is 8.34. The Morgan fingerprint density at radius 2 is 2.15 bits per heavy atom. The predicted octanol–water partition coefficient (Wildman–Crippen LogP) is 2.75. The highest BCUT2D eigenvalue weighted by Gasteiger charge is 2.13. The third kappa shape index (κ3) is 4.31. The molecule has 0 fully saturated rings. The van der Waals surface area contributed by atoms with Crippen LogP contribution >= 0.6 is 11.3 Å². The molecule has 0 radical (unpaired) electrons. The van der Waals surface area contributed by atoms with Crippen molar-refractivity contribution >= 4 is 28.9 Å². The second-order valence-corrected chi connectivity index (χ2v) is 6.35. The third-order valence-electron chi connectivity index (χ3n) is 3.47. The molecule has 0 saturated heterocycles. The lowest BCUT2D eigenvalue weighted by Crippen LogP contribution is -2.12. The molecule has 3 rings (SSSR count). The van der Waals surface area contributed by atoms with Gasteiger partial charge in [-0.3, -0.25) is 4.79 Å². The van der Waals surface area contributed by atoms with Crippen molar-refractivity contribution in [2.45, 2.75) is 26.5 Å². The first-order valence-electron chi connectivity index (χ1n) is 8.04. The van der Waals surface area contributed by atoms with Crippen LogP contribution in [0.5, 0.6) is 0 Å². The summed E-state index contributed by atoms with van der Waals surface area (Å²) in [6, 6.07) is 10.1. The zero-order valence-corrected chi connectivity index (χ0v) is 14.9. The summed E-state index contributed by atoms with van der Waals surface area (Å²) in [6.07, 6.45) is 0.873. The average molecular weight is 371 g/mol. The minimum atomic E-state index is -0.511. The molecule has 3 aromatic rings. The van der Waals surface area contributed by atoms with E-state index in [-0.39, 0.29) is 12.5 Å². The van der Waals surface area contributed by atoms with Gasteiger partial charge in [0, 0.05) is 12.2 Å². The van der Waals surface area contributed by atoms with Gasteiger partial charge in [0.15, 0.2) is 12.4 Å². The molecular formula is C17H17N5O3S. The molecule has 2 heterocycles. The van der Waals surface area contributed by atoms with E-state index in [0.717, 1.165) is 6.42 Å². The van der Waals surface area contributed by atoms with Crippen molar-refractivity contribution in [2.24, 2.45) is 0 Å². The molecule has 0 aliphatic rings. The van der Waals surface area contributed by atoms with E-state index in [9.17, 15) is 9.59 Å². The van der Waals surface area contributed by atoms with Crippen LogP contribution in [0.15, 0.2) is 41.8 Å². The van der Waals surface area contributed by atoms with Gasteiger partial charge in [-0.2, -0.15) is 0 Å². The number of aromatic nitrogens is 4. The highest BCUT2D eigenvalue weighted by atomic mass is 32.1. The van der Waals surface area contributed by atoms with Gasteiger partial charge in [0.05, 0.1) is 10.4 Å². The summed E-state index contributed by atoms with van der Waals surface area (Å²) in [5.41, 5.74) is 0.858. The van der Waals surface area contributed by atoms with Gasteiger partial charge in [0.1, 0.15) is 0 Å². The Hall–Kier alpha value is -3.07. The fourth-order valence-electron chi connectivity index (χ4n) is 2.25. The molecule has 134 valence electrons. The maximum Gasteiger partial charge on any atom is 0.338 e. The summed E-state index contributed by atoms with van der Waals surface area (Å²) < 4.78 is 6.88. The lowest BCUT2D eigenvalue weighted by Gasteiger charge is -2.07. The zero-order valence-electron chi connectivity index (χ0n) is 14.1. The molecular weight excluding hydrogens is 354 g/mol. The van der Waals surface area contributed by atoms with E-state index in [0.29, 0.717) is 28.5 Å². The molecule has 0 bridgehead atoms. The van der Waals surface area contributed by atoms with Gasteiger partial charge in [-0.15, -0.1) is 16.4 Å². The Morgan fingerprint density at radius 1 is 1.27 bits per heavy atom. The average Bonchev–Trinajstić information content (AvgIpc) is 3.32. The molecule has 26 heavy (non-hydrogen) atoms. The van der Waals surface area contributed by atoms with Crippen LogP contribution in [-0.4, -0.2) is 32.1 Å². The molecule has 0 aliphatic carbocycles. The van der Waals surface area contributed by atoms with E-state index in [4.69, 9.17) is 4.74 Å². The van der Waals surface area contributed by atoms with Gasteiger partial charge in [0.25, 0.3) is 5.91 Å². The van der Waals surface area contributed by atoms with Gasteiger partial charge in [-0.05, 0) is 46.5 Å². The van der Waals surface area contributed by atoms with Gasteiger partial charge >= 0.3 is 5.97 Å². The van der Waals surface area contributed by atoms with Crippen molar-refractivity contribution < 1.29 is 14.3 Å². The lowest BCUT2D eigenvalue weighted by atomic mass is 10.2. The SMILES string of the molecule is CCCn1nnnc1COC(=O)c1cccc(NC(=O)c2cccs2)c1. The number of carbonyl (C=O) groups is 2. The van der Waals surface area contributed by atoms with Crippen LogP contribution < -0.4 is 5.32 Å². The summed E-state index contributed by atoms with van der Waals surface area (Å²) in [6.45, 7) is 2.65. The maximum absolute atomic E-state index is 12.3. The number of tetrazole rings is 1. The number of amides is 1. The summed E-state index contributed by atoms with van der Waals surface area (Å²) in [4.78, 5) is 25.0. The van der Waals surface area contributed by atoms with E-state index in [2.05, 4.69) is 20.8 Å². The van der Waals surface area contributed by atoms with Crippen molar-refractivity contribution in [3.05, 3.63) is 58.0 Å². The summed E-state index contributed by atoms with van der Waals surface area (Å²) >= 11 is 1.35. The first-order chi connectivity index (χ1) is 12.7. The largest absolute Gasteiger partial charge is 0.454 e. The fourth-order valence-corrected chi connectivity index (χ4v) is 2.87. The first-order valence-corrected chi connectivity index (χ1v) is 8.92. The molecule has 0 spiro atoms. The van der Waals surface area contributed by atoms with Crippen LogP contribution in [0.3, 0.4) is 0 Å². The number of carbonyl (C=O) groups excluding carboxylic acids is 2. The Bertz CT molecular complexity index is 891. The van der Waals surface area contributed by atoms with Crippen LogP contribution in [0.4, 0.5) is 5.69 Å². The summed E-state index contributed by atoms with van der Waals surface area (Å²) in [5.74, 6) is -0.241. The molecule has 9 heteroatoms. The molecule has 2 aromatic heterocycles. The Morgan fingerprint density at radius 3 is 2.92 bits per heavy atom. The highest BCUT2D eigenvalue weighted by Crippen LogP contribution is 2.16. The van der Waals surface area contributed by atoms with Crippen LogP contribution in [-0.2, 0) is 17.9 Å². The Kier molecular flexibility index (Phi) is 5.69. The quantitative estimate of drug-likeness (QED) is 0.641. The summed E-state index contributed by atoms with van der Waals surface area (Å²) in [5, 5.41) is 15.9. The lowest BCUT2D eigenvalue weighted by molar-refractivity contribution is 0.0456. The molecule has 0 unspecified atom stereocenters. The van der Waals surface area contributed by atoms with Gasteiger partial charge in [0.2, 0.25) is 0 Å². The van der Waals surface area contributed by atoms with Crippen LogP contribution in [0, 0.1) is 0 Å². The summed E-state index contributed by atoms with van der Waals surface area (Å²) in [7, 11) is 0. The number of nitrogens with zero attached hydrogens (tertiary/aromatic N) is 4. The third-order valence-corrected chi connectivity index (χ3v) is 4.34. The van der Waals surface area contributed by atoms with Gasteiger partial charge in [-0.25, -0.2) is 9.48 Å². The number of esters is 1. The normalized spacial score (nSPS) is 10.5. The predicted molar refractivity (Wildman–Crippen MR) is 95.9 cm³/mol. The van der Waals surface area contributed by atoms with Gasteiger partial charge < -0.3 is 10.1 Å². The number of ether oxygens (including phenoxy) is 1. The van der Waals surface area contributed by atoms with Gasteiger partial charge in [-0.1, -0.05) is 19.1 Å². The van der Waals surface area contributed by atoms with E-state index in [1.54, 1.807) is 41.1 Å². The van der Waals surface area contributed by atoms with E-state index in [1.807, 2.05) is 12.3 Å². The molecule has 0 atom stereocenters. The number of hydrogen-bond donors (Lipinski definition) is 1. The molecule has 0 saturated carbocycles. The molecule has 1 amide bonds. The molecule has 0 aliphatic heterocycles. The number of thiophene rings is 1. The zero-order chi connectivity index (χ0) is 18.4. The number of anilines is 1. The van der Waals surface area contributed by atoms with E-state index in [1.165, 1.54) is 11.3 Å². The molecule has 1 N–H and O–H groups in total. The van der Waals surface area contributed by atoms with Crippen LogP contribution in [0.25, 0.3) is 0 Å². The number of hydrogen-bond acceptors (Lipinski definition) is 7. The Labute approximate surface area is 153 Å². The van der Waals surface area contributed by atoms with Crippen molar-refractivity contribution in [2.75, 3.05) is 5.32 Å². The topological polar surface area (TPSA) is 99.0 Å². The number of aryl methyl sites for hydroxylation is 1. The Balaban J connectivity index is 1.62. The standard InChI is InChI=1S/C17H17N5O3S/c1-2-8-22-15(19-20-21-22)11-25-17(24)12-5-3-6-13(10-12)18-16(23)14-7-4-9-26-14/h3-7,9-10H,2,8,11H2,1H3,(H,18,23). The molecule has 8 nitrogen and oxygen atoms in total. The number of nitrogens with one attached hydrogen (secondary N) is 1. The van der Waals surface area contributed by atoms with E-state index < -0.39 is 5.97 Å². The van der Waals surface area contributed by atoms with Crippen molar-refractivity contribution in [1.29, 1.82) is 0 Å². The fraction of sp³-hybridized carbons (Fsp3) is 0.235. The minimum Gasteiger partial charge on any atom is -0.454 e. The second-order valence-electron chi connectivity index (χ2n) is 5.41. The number of rotatable bonds is 7. The van der Waals surface area contributed by atoms with Crippen molar-refractivity contribution in [3.63, 3.8) is 0 Å². The smallest absolute Gasteiger partial charge is 0.338 e. The molecule has 1 aromatic carbocycles. The highest BCUT2D eigenvalue weighted by molar-refractivity contribution is 7.12. The monoisotopic (exact) mass is 371 g/mol. The number of benzene rings is 1.